The predicted octanol–water partition coefficient (Wildman–Crippen LogP) is 2.85. The minimum atomic E-state index is -0.563. The number of carbonyl (C=O) groups is 2. The number of esters is 1. The molecule has 1 aliphatic heterocycles. The van der Waals surface area contributed by atoms with Gasteiger partial charge in [0, 0.05) is 25.2 Å². The summed E-state index contributed by atoms with van der Waals surface area (Å²) in [4.78, 5) is 30.4. The number of methoxy groups -OCH3 is 2. The summed E-state index contributed by atoms with van der Waals surface area (Å²) in [5, 5.41) is 0.349. The van der Waals surface area contributed by atoms with Gasteiger partial charge in [-0.25, -0.2) is 0 Å². The van der Waals surface area contributed by atoms with Crippen LogP contribution in [0.4, 0.5) is 5.69 Å². The second-order valence-electron chi connectivity index (χ2n) is 5.99. The van der Waals surface area contributed by atoms with Crippen LogP contribution in [0, 0.1) is 5.92 Å². The second kappa shape index (κ2) is 8.26. The van der Waals surface area contributed by atoms with Crippen LogP contribution in [0.1, 0.15) is 12.1 Å². The number of rotatable bonds is 6. The first-order valence-corrected chi connectivity index (χ1v) is 8.69. The van der Waals surface area contributed by atoms with E-state index in [1.165, 1.54) is 19.1 Å². The lowest BCUT2D eigenvalue weighted by atomic mass is 10.1. The number of nitrogens with zero attached hydrogens (tertiary/aromatic N) is 2. The molecule has 1 aliphatic rings. The van der Waals surface area contributed by atoms with E-state index < -0.39 is 11.9 Å². The van der Waals surface area contributed by atoms with E-state index in [1.807, 2.05) is 6.07 Å². The summed E-state index contributed by atoms with van der Waals surface area (Å²) in [5.41, 5.74) is 1.14. The molecule has 1 aromatic heterocycles. The highest BCUT2D eigenvalue weighted by Gasteiger charge is 2.37. The third-order valence-electron chi connectivity index (χ3n) is 4.29. The highest BCUT2D eigenvalue weighted by Crippen LogP contribution is 2.40. The van der Waals surface area contributed by atoms with Crippen molar-refractivity contribution in [3.63, 3.8) is 0 Å². The summed E-state index contributed by atoms with van der Waals surface area (Å²) in [6.45, 7) is 0.265. The number of benzene rings is 1. The van der Waals surface area contributed by atoms with Gasteiger partial charge < -0.3 is 19.1 Å². The molecule has 0 N–H and O–H groups in total. The quantitative estimate of drug-likeness (QED) is 0.706. The number of halogens is 1. The fourth-order valence-electron chi connectivity index (χ4n) is 2.90. The van der Waals surface area contributed by atoms with Crippen LogP contribution in [0.2, 0.25) is 5.02 Å². The number of amides is 1. The van der Waals surface area contributed by atoms with Crippen LogP contribution in [0.25, 0.3) is 0 Å². The highest BCUT2D eigenvalue weighted by atomic mass is 35.5. The highest BCUT2D eigenvalue weighted by molar-refractivity contribution is 6.32. The molecule has 0 aliphatic carbocycles. The lowest BCUT2D eigenvalue weighted by Gasteiger charge is -2.20. The first-order chi connectivity index (χ1) is 13.0. The second-order valence-corrected chi connectivity index (χ2v) is 6.40. The Morgan fingerprint density at radius 1 is 1.26 bits per heavy atom. The zero-order chi connectivity index (χ0) is 19.4. The number of pyridine rings is 1. The van der Waals surface area contributed by atoms with Gasteiger partial charge in [0.15, 0.2) is 0 Å². The molecule has 0 spiro atoms. The minimum absolute atomic E-state index is 0.0633. The molecule has 1 saturated heterocycles. The third kappa shape index (κ3) is 4.14. The fourth-order valence-corrected chi connectivity index (χ4v) is 3.13. The van der Waals surface area contributed by atoms with E-state index in [2.05, 4.69) is 4.98 Å². The zero-order valence-corrected chi connectivity index (χ0v) is 15.7. The molecular formula is C19H19ClN2O5. The number of aromatic nitrogens is 1. The van der Waals surface area contributed by atoms with E-state index >= 15 is 0 Å². The Bertz CT molecular complexity index is 843. The minimum Gasteiger partial charge on any atom is -0.495 e. The molecule has 0 saturated carbocycles. The SMILES string of the molecule is COc1cc(OC)c(N2CC(C(=O)OCc3ccccn3)CC2=O)cc1Cl. The molecule has 1 atom stereocenters. The van der Waals surface area contributed by atoms with Crippen LogP contribution < -0.4 is 14.4 Å². The van der Waals surface area contributed by atoms with Crippen molar-refractivity contribution in [3.8, 4) is 11.5 Å². The van der Waals surface area contributed by atoms with E-state index in [4.69, 9.17) is 25.8 Å². The van der Waals surface area contributed by atoms with Crippen LogP contribution >= 0.6 is 11.6 Å². The molecule has 3 rings (SSSR count). The number of ether oxygens (including phenoxy) is 3. The first kappa shape index (κ1) is 19.0. The molecule has 2 aromatic rings. The van der Waals surface area contributed by atoms with Crippen molar-refractivity contribution >= 4 is 29.2 Å². The first-order valence-electron chi connectivity index (χ1n) is 8.32. The maximum Gasteiger partial charge on any atom is 0.311 e. The summed E-state index contributed by atoms with van der Waals surface area (Å²) in [6, 6.07) is 8.57. The van der Waals surface area contributed by atoms with Crippen molar-refractivity contribution < 1.29 is 23.8 Å². The monoisotopic (exact) mass is 390 g/mol. The van der Waals surface area contributed by atoms with Crippen molar-refractivity contribution in [2.24, 2.45) is 5.92 Å². The van der Waals surface area contributed by atoms with Gasteiger partial charge in [-0.2, -0.15) is 0 Å². The van der Waals surface area contributed by atoms with Gasteiger partial charge in [-0.1, -0.05) is 17.7 Å². The molecule has 27 heavy (non-hydrogen) atoms. The molecule has 1 amide bonds. The van der Waals surface area contributed by atoms with Crippen molar-refractivity contribution in [1.29, 1.82) is 0 Å². The van der Waals surface area contributed by atoms with E-state index in [0.717, 1.165) is 0 Å². The smallest absolute Gasteiger partial charge is 0.311 e. The van der Waals surface area contributed by atoms with Gasteiger partial charge in [0.2, 0.25) is 5.91 Å². The van der Waals surface area contributed by atoms with E-state index in [9.17, 15) is 9.59 Å². The molecule has 142 valence electrons. The largest absolute Gasteiger partial charge is 0.495 e. The number of hydrogen-bond donors (Lipinski definition) is 0. The van der Waals surface area contributed by atoms with Crippen LogP contribution in [-0.4, -0.2) is 37.6 Å². The van der Waals surface area contributed by atoms with Crippen molar-refractivity contribution in [2.75, 3.05) is 25.7 Å². The molecule has 8 heteroatoms. The van der Waals surface area contributed by atoms with Crippen molar-refractivity contribution in [2.45, 2.75) is 13.0 Å². The predicted molar refractivity (Wildman–Crippen MR) is 99.0 cm³/mol. The standard InChI is InChI=1S/C19H19ClN2O5/c1-25-16-9-17(26-2)15(8-14(16)20)22-10-12(7-18(22)23)19(24)27-11-13-5-3-4-6-21-13/h3-6,8-9,12H,7,10-11H2,1-2H3. The zero-order valence-electron chi connectivity index (χ0n) is 15.0. The molecule has 0 radical (unpaired) electrons. The summed E-state index contributed by atoms with van der Waals surface area (Å²) in [7, 11) is 2.99. The van der Waals surface area contributed by atoms with Crippen LogP contribution in [0.3, 0.4) is 0 Å². The Balaban J connectivity index is 1.72. The van der Waals surface area contributed by atoms with Crippen LogP contribution in [0.5, 0.6) is 11.5 Å². The Morgan fingerprint density at radius 3 is 2.70 bits per heavy atom. The average molecular weight is 391 g/mol. The van der Waals surface area contributed by atoms with E-state index in [1.54, 1.807) is 30.5 Å². The van der Waals surface area contributed by atoms with Gasteiger partial charge in [-0.3, -0.25) is 14.6 Å². The number of anilines is 1. The van der Waals surface area contributed by atoms with Gasteiger partial charge in [-0.15, -0.1) is 0 Å². The lowest BCUT2D eigenvalue weighted by molar-refractivity contribution is -0.149. The molecule has 1 unspecified atom stereocenters. The maximum absolute atomic E-state index is 12.5. The Hall–Kier alpha value is -2.80. The molecule has 2 heterocycles. The van der Waals surface area contributed by atoms with Gasteiger partial charge in [0.1, 0.15) is 18.1 Å². The molecule has 0 bridgehead atoms. The van der Waals surface area contributed by atoms with Crippen molar-refractivity contribution in [1.82, 2.24) is 4.98 Å². The molecule has 1 aromatic carbocycles. The van der Waals surface area contributed by atoms with E-state index in [0.29, 0.717) is 27.9 Å². The Morgan fingerprint density at radius 2 is 2.04 bits per heavy atom. The Labute approximate surface area is 161 Å². The number of carbonyl (C=O) groups excluding carboxylic acids is 2. The van der Waals surface area contributed by atoms with Crippen molar-refractivity contribution in [3.05, 3.63) is 47.2 Å². The summed E-state index contributed by atoms with van der Waals surface area (Å²) < 4.78 is 15.8. The van der Waals surface area contributed by atoms with Crippen LogP contribution in [-0.2, 0) is 20.9 Å². The molecule has 7 nitrogen and oxygen atoms in total. The number of hydrogen-bond acceptors (Lipinski definition) is 6. The van der Waals surface area contributed by atoms with Crippen LogP contribution in [0.15, 0.2) is 36.5 Å². The third-order valence-corrected chi connectivity index (χ3v) is 4.59. The van der Waals surface area contributed by atoms with Gasteiger partial charge in [0.25, 0.3) is 0 Å². The van der Waals surface area contributed by atoms with Gasteiger partial charge >= 0.3 is 5.97 Å². The maximum atomic E-state index is 12.5. The fraction of sp³-hybridized carbons (Fsp3) is 0.316. The lowest BCUT2D eigenvalue weighted by Crippen LogP contribution is -2.27. The summed E-state index contributed by atoms with van der Waals surface area (Å²) in [6.07, 6.45) is 1.69. The Kier molecular flexibility index (Phi) is 5.81. The molecular weight excluding hydrogens is 372 g/mol. The normalized spacial score (nSPS) is 16.3. The van der Waals surface area contributed by atoms with Gasteiger partial charge in [-0.05, 0) is 18.2 Å². The summed E-state index contributed by atoms with van der Waals surface area (Å²) in [5.74, 6) is -0.321. The molecule has 1 fully saturated rings. The van der Waals surface area contributed by atoms with Gasteiger partial charge in [0.05, 0.1) is 36.5 Å². The van der Waals surface area contributed by atoms with E-state index in [-0.39, 0.29) is 25.5 Å². The topological polar surface area (TPSA) is 78.0 Å². The average Bonchev–Trinajstić information content (AvgIpc) is 3.08. The summed E-state index contributed by atoms with van der Waals surface area (Å²) >= 11 is 6.18.